The van der Waals surface area contributed by atoms with Crippen LogP contribution in [0.3, 0.4) is 0 Å². The Balaban J connectivity index is 2.72. The van der Waals surface area contributed by atoms with Crippen molar-refractivity contribution in [1.29, 1.82) is 0 Å². The minimum atomic E-state index is -2.72. The first-order valence-electron chi connectivity index (χ1n) is 5.57. The van der Waals surface area contributed by atoms with E-state index in [0.29, 0.717) is 4.68 Å². The third kappa shape index (κ3) is 1.29. The highest BCUT2D eigenvalue weighted by Crippen LogP contribution is 2.15. The molecule has 0 saturated heterocycles. The smallest absolute Gasteiger partial charge is 0.422 e. The van der Waals surface area contributed by atoms with Gasteiger partial charge >= 0.3 is 7.12 Å². The number of fused-ring (bicyclic) bond motifs is 1. The van der Waals surface area contributed by atoms with Crippen LogP contribution in [0.15, 0.2) is 0 Å². The summed E-state index contributed by atoms with van der Waals surface area (Å²) in [5.41, 5.74) is -0.969. The summed E-state index contributed by atoms with van der Waals surface area (Å²) >= 11 is 5.70. The second-order valence-corrected chi connectivity index (χ2v) is 2.90. The fourth-order valence-corrected chi connectivity index (χ4v) is 1.36. The number of aryl methyl sites for hydroxylation is 1. The molecule has 14 heavy (non-hydrogen) atoms. The molecule has 0 fully saturated rings. The number of carbonyl (C=O) groups is 1. The second kappa shape index (κ2) is 3.27. The fourth-order valence-electron chi connectivity index (χ4n) is 1.05. The van der Waals surface area contributed by atoms with Crippen molar-refractivity contribution >= 4 is 30.2 Å². The van der Waals surface area contributed by atoms with Crippen LogP contribution in [0, 0.1) is 0 Å². The highest BCUT2D eigenvalue weighted by molar-refractivity contribution is 6.62. The van der Waals surface area contributed by atoms with Crippen LogP contribution in [-0.4, -0.2) is 39.4 Å². The van der Waals surface area contributed by atoms with Crippen LogP contribution in [0.4, 0.5) is 0 Å². The van der Waals surface area contributed by atoms with Crippen LogP contribution in [0.25, 0.3) is 0 Å². The van der Waals surface area contributed by atoms with Crippen molar-refractivity contribution in [3.63, 3.8) is 0 Å². The Kier molecular flexibility index (Phi) is 1.34. The number of rotatable bonds is 1. The van der Waals surface area contributed by atoms with Gasteiger partial charge < -0.3 is 15.4 Å². The molecule has 1 aromatic rings. The van der Waals surface area contributed by atoms with Crippen molar-refractivity contribution in [2.75, 3.05) is 6.50 Å². The third-order valence-corrected chi connectivity index (χ3v) is 2.02. The summed E-state index contributed by atoms with van der Waals surface area (Å²) in [6.07, 6.45) is 0. The number of hydrogen-bond donors (Lipinski definition) is 3. The van der Waals surface area contributed by atoms with E-state index in [1.807, 2.05) is 0 Å². The summed E-state index contributed by atoms with van der Waals surface area (Å²) in [6.45, 7) is -5.42. The van der Waals surface area contributed by atoms with E-state index in [9.17, 15) is 4.79 Å². The molecule has 0 radical (unpaired) electrons. The Morgan fingerprint density at radius 2 is 2.43 bits per heavy atom. The van der Waals surface area contributed by atoms with Crippen LogP contribution in [0.2, 0.25) is 5.02 Å². The van der Waals surface area contributed by atoms with Gasteiger partial charge in [-0.1, -0.05) is 11.6 Å². The van der Waals surface area contributed by atoms with E-state index in [-0.39, 0.29) is 0 Å². The Morgan fingerprint density at radius 1 is 1.71 bits per heavy atom. The summed E-state index contributed by atoms with van der Waals surface area (Å²) < 4.78 is 30.5. The first-order valence-corrected chi connectivity index (χ1v) is 3.95. The fraction of sp³-hybridized carbons (Fsp3) is 0.333. The molecule has 0 atom stereocenters. The van der Waals surface area contributed by atoms with E-state index in [1.165, 1.54) is 0 Å². The van der Waals surface area contributed by atoms with Gasteiger partial charge in [-0.3, -0.25) is 9.48 Å². The summed E-state index contributed by atoms with van der Waals surface area (Å²) in [4.78, 5) is 11.6. The molecule has 6 nitrogen and oxygen atoms in total. The van der Waals surface area contributed by atoms with Gasteiger partial charge in [-0.05, 0) is 0 Å². The first kappa shape index (κ1) is 5.74. The molecule has 2 rings (SSSR count). The summed E-state index contributed by atoms with van der Waals surface area (Å²) in [5, 5.41) is 22.8. The molecule has 8 heteroatoms. The number of hydrogen-bond acceptors (Lipinski definition) is 4. The van der Waals surface area contributed by atoms with Crippen LogP contribution in [-0.2, 0) is 6.50 Å². The van der Waals surface area contributed by atoms with Crippen molar-refractivity contribution in [3.05, 3.63) is 10.7 Å². The highest BCUT2D eigenvalue weighted by Gasteiger charge is 2.29. The lowest BCUT2D eigenvalue weighted by Crippen LogP contribution is -2.35. The normalized spacial score (nSPS) is 26.4. The zero-order chi connectivity index (χ0) is 13.9. The standard InChI is InChI=1S/C6H7BClN3O3/c8-3-4-6(12)9-1-2-11(4)10-5(3)7(13)14/h13-14H,1-2H2,(H,9,12)/i1D2,2D2. The zero-order valence-electron chi connectivity index (χ0n) is 10.7. The van der Waals surface area contributed by atoms with Crippen molar-refractivity contribution in [2.24, 2.45) is 0 Å². The molecule has 1 aliphatic rings. The minimum absolute atomic E-state index is 0.420. The van der Waals surface area contributed by atoms with Gasteiger partial charge in [0.2, 0.25) is 0 Å². The van der Waals surface area contributed by atoms with Crippen LogP contribution in [0.5, 0.6) is 0 Å². The number of nitrogens with zero attached hydrogens (tertiary/aromatic N) is 2. The predicted molar refractivity (Wildman–Crippen MR) is 49.4 cm³/mol. The lowest BCUT2D eigenvalue weighted by molar-refractivity contribution is 0.0924. The highest BCUT2D eigenvalue weighted by atomic mass is 35.5. The Labute approximate surface area is 90.2 Å². The molecule has 0 spiro atoms. The topological polar surface area (TPSA) is 87.4 Å². The summed E-state index contributed by atoms with van der Waals surface area (Å²) in [6, 6.07) is 0. The third-order valence-electron chi connectivity index (χ3n) is 1.65. The minimum Gasteiger partial charge on any atom is -0.422 e. The van der Waals surface area contributed by atoms with Crippen molar-refractivity contribution in [3.8, 4) is 0 Å². The molecule has 2 heterocycles. The number of amides is 1. The van der Waals surface area contributed by atoms with Gasteiger partial charge in [0.25, 0.3) is 5.91 Å². The predicted octanol–water partition coefficient (Wildman–Crippen LogP) is -2.04. The van der Waals surface area contributed by atoms with Crippen molar-refractivity contribution in [2.45, 2.75) is 6.50 Å². The van der Waals surface area contributed by atoms with Gasteiger partial charge in [0.05, 0.1) is 17.0 Å². The molecular weight excluding hydrogens is 208 g/mol. The monoisotopic (exact) mass is 219 g/mol. The number of halogens is 1. The summed E-state index contributed by atoms with van der Waals surface area (Å²) in [7, 11) is -2.09. The second-order valence-electron chi connectivity index (χ2n) is 2.52. The van der Waals surface area contributed by atoms with E-state index in [1.54, 1.807) is 5.32 Å². The molecular formula is C6H7BClN3O3. The summed E-state index contributed by atoms with van der Waals surface area (Å²) in [5.74, 6) is -0.987. The molecule has 1 amide bonds. The Hall–Kier alpha value is -1.05. The Bertz CT molecular complexity index is 534. The van der Waals surface area contributed by atoms with Crippen LogP contribution < -0.4 is 10.9 Å². The molecule has 0 aromatic carbocycles. The zero-order valence-corrected chi connectivity index (χ0v) is 7.41. The van der Waals surface area contributed by atoms with E-state index in [4.69, 9.17) is 27.1 Å². The van der Waals surface area contributed by atoms with Crippen molar-refractivity contribution < 1.29 is 20.3 Å². The maximum atomic E-state index is 11.6. The van der Waals surface area contributed by atoms with Gasteiger partial charge in [-0.25, -0.2) is 0 Å². The van der Waals surface area contributed by atoms with Crippen molar-refractivity contribution in [1.82, 2.24) is 15.1 Å². The molecule has 74 valence electrons. The molecule has 0 aliphatic carbocycles. The number of aromatic nitrogens is 2. The molecule has 1 aliphatic heterocycles. The lowest BCUT2D eigenvalue weighted by Gasteiger charge is -2.13. The van der Waals surface area contributed by atoms with Gasteiger partial charge in [0, 0.05) is 6.50 Å². The molecule has 0 saturated carbocycles. The molecule has 3 N–H and O–H groups in total. The van der Waals surface area contributed by atoms with E-state index < -0.39 is 42.3 Å². The van der Waals surface area contributed by atoms with Gasteiger partial charge in [0.1, 0.15) is 11.3 Å². The maximum absolute atomic E-state index is 11.6. The Morgan fingerprint density at radius 3 is 3.07 bits per heavy atom. The van der Waals surface area contributed by atoms with E-state index in [2.05, 4.69) is 5.10 Å². The number of nitrogens with one attached hydrogen (secondary N) is 1. The SMILES string of the molecule is [2H]C1([2H])NC(=O)c2c(Cl)c(B(O)O)nn2C1([2H])[2H]. The molecule has 0 bridgehead atoms. The largest absolute Gasteiger partial charge is 0.511 e. The van der Waals surface area contributed by atoms with Gasteiger partial charge in [0.15, 0.2) is 0 Å². The lowest BCUT2D eigenvalue weighted by atomic mass is 9.86. The van der Waals surface area contributed by atoms with Crippen LogP contribution >= 0.6 is 11.6 Å². The van der Waals surface area contributed by atoms with E-state index in [0.717, 1.165) is 0 Å². The number of carbonyl (C=O) groups excluding carboxylic acids is 1. The van der Waals surface area contributed by atoms with Crippen LogP contribution in [0.1, 0.15) is 16.0 Å². The van der Waals surface area contributed by atoms with Gasteiger partial charge in [-0.15, -0.1) is 0 Å². The molecule has 1 aromatic heterocycles. The quantitative estimate of drug-likeness (QED) is 0.475. The average Bonchev–Trinajstić information content (AvgIpc) is 2.54. The average molecular weight is 219 g/mol. The maximum Gasteiger partial charge on any atom is 0.511 e. The van der Waals surface area contributed by atoms with E-state index >= 15 is 0 Å². The molecule has 0 unspecified atom stereocenters. The first-order chi connectivity index (χ1) is 8.09. The van der Waals surface area contributed by atoms with Gasteiger partial charge in [-0.2, -0.15) is 5.10 Å².